The number of H-pyrrole nitrogens is 1. The molecule has 1 fully saturated rings. The van der Waals surface area contributed by atoms with Crippen LogP contribution in [0.25, 0.3) is 5.76 Å². The summed E-state index contributed by atoms with van der Waals surface area (Å²) < 4.78 is 12.5. The maximum absolute atomic E-state index is 13.3. The number of ketones is 1. The van der Waals surface area contributed by atoms with Gasteiger partial charge in [-0.2, -0.15) is 0 Å². The molecular formula is C22H20ClN3O5. The smallest absolute Gasteiger partial charge is 0.295 e. The molecule has 2 aromatic heterocycles. The van der Waals surface area contributed by atoms with Crippen LogP contribution in [0.15, 0.2) is 65.3 Å². The second-order valence-corrected chi connectivity index (χ2v) is 7.45. The van der Waals surface area contributed by atoms with Crippen LogP contribution in [0.2, 0.25) is 5.02 Å². The Morgan fingerprint density at radius 2 is 2.19 bits per heavy atom. The zero-order valence-corrected chi connectivity index (χ0v) is 17.5. The number of ether oxygens (including phenoxy) is 1. The average Bonchev–Trinajstić information content (AvgIpc) is 3.52. The molecule has 1 aliphatic heterocycles. The van der Waals surface area contributed by atoms with Crippen LogP contribution >= 0.6 is 11.6 Å². The summed E-state index contributed by atoms with van der Waals surface area (Å²) in [5.74, 6) is -1.34. The number of imidazole rings is 1. The third-order valence-electron chi connectivity index (χ3n) is 5.17. The van der Waals surface area contributed by atoms with Crippen molar-refractivity contribution in [1.82, 2.24) is 9.88 Å². The molecule has 0 radical (unpaired) electrons. The van der Waals surface area contributed by atoms with Crippen molar-refractivity contribution >= 4 is 29.1 Å². The van der Waals surface area contributed by atoms with Crippen LogP contribution in [0.1, 0.15) is 23.8 Å². The van der Waals surface area contributed by atoms with Crippen LogP contribution in [0.5, 0.6) is 5.75 Å². The molecule has 1 saturated heterocycles. The molecule has 0 bridgehead atoms. The summed E-state index contributed by atoms with van der Waals surface area (Å²) in [5, 5.41) is 13.5. The van der Waals surface area contributed by atoms with E-state index in [9.17, 15) is 14.7 Å². The Morgan fingerprint density at radius 1 is 1.35 bits per heavy atom. The van der Waals surface area contributed by atoms with Crippen LogP contribution in [0.4, 0.5) is 0 Å². The number of nitrogens with zero attached hydrogens (tertiary/aromatic N) is 2. The number of aromatic amines is 1. The minimum Gasteiger partial charge on any atom is -0.872 e. The van der Waals surface area contributed by atoms with Crippen LogP contribution in [-0.2, 0) is 16.1 Å². The van der Waals surface area contributed by atoms with E-state index >= 15 is 0 Å². The summed E-state index contributed by atoms with van der Waals surface area (Å²) in [6.07, 6.45) is 7.50. The predicted octanol–water partition coefficient (Wildman–Crippen LogP) is 1.87. The molecule has 1 aliphatic rings. The van der Waals surface area contributed by atoms with Crippen molar-refractivity contribution in [2.75, 3.05) is 13.7 Å². The Bertz CT molecular complexity index is 1120. The number of rotatable bonds is 7. The Balaban J connectivity index is 1.70. The van der Waals surface area contributed by atoms with Gasteiger partial charge in [-0.05, 0) is 29.8 Å². The van der Waals surface area contributed by atoms with Gasteiger partial charge in [0.2, 0.25) is 12.1 Å². The highest BCUT2D eigenvalue weighted by Crippen LogP contribution is 2.39. The number of carbonyl (C=O) groups excluding carboxylic acids is 2. The maximum atomic E-state index is 13.3. The number of amides is 1. The number of furan rings is 1. The third kappa shape index (κ3) is 3.94. The Hall–Kier alpha value is -3.52. The lowest BCUT2D eigenvalue weighted by Gasteiger charge is -2.25. The number of benzene rings is 1. The molecule has 160 valence electrons. The standard InChI is InChI=1S/C22H20ClN3O5/c1-30-16-6-5-14(12-15(16)23)20(27)18-19(17-4-2-11-31-17)26(22(29)21(18)28)9-3-8-25-10-7-24-13-25/h2,4-7,10-13,19H,3,8-9H2,1H3,(H,27,28). The summed E-state index contributed by atoms with van der Waals surface area (Å²) in [4.78, 5) is 30.0. The normalized spacial score (nSPS) is 18.0. The van der Waals surface area contributed by atoms with Crippen molar-refractivity contribution in [2.45, 2.75) is 19.0 Å². The zero-order valence-electron chi connectivity index (χ0n) is 16.7. The number of Topliss-reactive ketones (excluding diaryl/α,β-unsaturated/α-hetero) is 1. The highest BCUT2D eigenvalue weighted by molar-refractivity contribution is 6.46. The van der Waals surface area contributed by atoms with E-state index in [-0.39, 0.29) is 22.7 Å². The molecule has 3 aromatic rings. The first-order valence-electron chi connectivity index (χ1n) is 9.67. The van der Waals surface area contributed by atoms with Crippen molar-refractivity contribution in [3.05, 3.63) is 77.2 Å². The lowest BCUT2D eigenvalue weighted by atomic mass is 9.99. The number of carbonyl (C=O) groups is 2. The number of aryl methyl sites for hydroxylation is 1. The average molecular weight is 442 g/mol. The summed E-state index contributed by atoms with van der Waals surface area (Å²) in [6.45, 7) is 0.929. The second kappa shape index (κ2) is 8.69. The first-order chi connectivity index (χ1) is 15.0. The molecule has 0 spiro atoms. The van der Waals surface area contributed by atoms with E-state index in [2.05, 4.69) is 4.98 Å². The molecule has 1 unspecified atom stereocenters. The van der Waals surface area contributed by atoms with E-state index in [1.165, 1.54) is 30.4 Å². The molecule has 9 heteroatoms. The predicted molar refractivity (Wildman–Crippen MR) is 109 cm³/mol. The van der Waals surface area contributed by atoms with E-state index in [1.54, 1.807) is 30.7 Å². The highest BCUT2D eigenvalue weighted by atomic mass is 35.5. The van der Waals surface area contributed by atoms with E-state index < -0.39 is 23.5 Å². The number of hydrogen-bond acceptors (Lipinski definition) is 5. The maximum Gasteiger partial charge on any atom is 0.295 e. The number of nitrogens with one attached hydrogen (secondary N) is 1. The van der Waals surface area contributed by atoms with Crippen LogP contribution in [0.3, 0.4) is 0 Å². The van der Waals surface area contributed by atoms with Crippen molar-refractivity contribution in [3.8, 4) is 5.75 Å². The van der Waals surface area contributed by atoms with Gasteiger partial charge in [-0.1, -0.05) is 23.4 Å². The molecule has 31 heavy (non-hydrogen) atoms. The topological polar surface area (TPSA) is 102 Å². The van der Waals surface area contributed by atoms with Gasteiger partial charge in [0.05, 0.1) is 24.9 Å². The fraction of sp³-hybridized carbons (Fsp3) is 0.227. The number of hydrogen-bond donors (Lipinski definition) is 1. The van der Waals surface area contributed by atoms with Gasteiger partial charge in [0.15, 0.2) is 0 Å². The molecular weight excluding hydrogens is 422 g/mol. The van der Waals surface area contributed by atoms with E-state index in [0.29, 0.717) is 24.5 Å². The number of halogens is 1. The molecule has 1 amide bonds. The summed E-state index contributed by atoms with van der Waals surface area (Å²) in [6, 6.07) is 6.91. The first-order valence-corrected chi connectivity index (χ1v) is 10.0. The van der Waals surface area contributed by atoms with Gasteiger partial charge in [-0.3, -0.25) is 14.6 Å². The molecule has 1 aromatic carbocycles. The monoisotopic (exact) mass is 441 g/mol. The Morgan fingerprint density at radius 3 is 2.84 bits per heavy atom. The molecule has 1 atom stereocenters. The SMILES string of the molecule is COc1ccc(C([O-])=C2C(=O)C(=O)N(CCC[n+]3cc[nH]c3)C2c2ccco2)cc1Cl. The number of likely N-dealkylation sites (tertiary alicyclic amines) is 1. The largest absolute Gasteiger partial charge is 0.872 e. The van der Waals surface area contributed by atoms with Crippen molar-refractivity contribution < 1.29 is 28.4 Å². The van der Waals surface area contributed by atoms with E-state index in [0.717, 1.165) is 0 Å². The van der Waals surface area contributed by atoms with Gasteiger partial charge in [-0.25, -0.2) is 4.57 Å². The van der Waals surface area contributed by atoms with Gasteiger partial charge in [0.1, 0.15) is 29.9 Å². The van der Waals surface area contributed by atoms with Gasteiger partial charge in [-0.15, -0.1) is 0 Å². The van der Waals surface area contributed by atoms with Crippen LogP contribution in [0, 0.1) is 0 Å². The van der Waals surface area contributed by atoms with Gasteiger partial charge >= 0.3 is 0 Å². The molecule has 4 rings (SSSR count). The minimum absolute atomic E-state index is 0.143. The van der Waals surface area contributed by atoms with Crippen LogP contribution in [-0.4, -0.2) is 35.2 Å². The summed E-state index contributed by atoms with van der Waals surface area (Å²) in [7, 11) is 1.47. The second-order valence-electron chi connectivity index (χ2n) is 7.04. The quantitative estimate of drug-likeness (QED) is 0.261. The Labute approximate surface area is 183 Å². The Kier molecular flexibility index (Phi) is 5.81. The summed E-state index contributed by atoms with van der Waals surface area (Å²) >= 11 is 6.16. The fourth-order valence-electron chi connectivity index (χ4n) is 3.69. The van der Waals surface area contributed by atoms with Gasteiger partial charge in [0.25, 0.3) is 5.91 Å². The lowest BCUT2D eigenvalue weighted by molar-refractivity contribution is -0.695. The zero-order chi connectivity index (χ0) is 22.0. The molecule has 0 aliphatic carbocycles. The van der Waals surface area contributed by atoms with Crippen molar-refractivity contribution in [2.24, 2.45) is 0 Å². The molecule has 1 N–H and O–H groups in total. The van der Waals surface area contributed by atoms with E-state index in [4.69, 9.17) is 20.8 Å². The first kappa shape index (κ1) is 20.7. The fourth-order valence-corrected chi connectivity index (χ4v) is 3.95. The minimum atomic E-state index is -0.889. The van der Waals surface area contributed by atoms with Crippen LogP contribution < -0.4 is 14.4 Å². The van der Waals surface area contributed by atoms with Crippen molar-refractivity contribution in [3.63, 3.8) is 0 Å². The van der Waals surface area contributed by atoms with Gasteiger partial charge < -0.3 is 19.2 Å². The molecule has 8 nitrogen and oxygen atoms in total. The van der Waals surface area contributed by atoms with E-state index in [1.807, 2.05) is 10.8 Å². The molecule has 3 heterocycles. The lowest BCUT2D eigenvalue weighted by Crippen LogP contribution is -2.36. The number of methoxy groups -OCH3 is 1. The highest BCUT2D eigenvalue weighted by Gasteiger charge is 2.45. The van der Waals surface area contributed by atoms with Gasteiger partial charge in [0, 0.05) is 18.5 Å². The molecule has 0 saturated carbocycles. The van der Waals surface area contributed by atoms with Crippen molar-refractivity contribution in [1.29, 1.82) is 0 Å². The summed E-state index contributed by atoms with van der Waals surface area (Å²) in [5.41, 5.74) is 0.0544. The third-order valence-corrected chi connectivity index (χ3v) is 5.47. The number of aromatic nitrogens is 2.